The molecule has 0 radical (unpaired) electrons. The van der Waals surface area contributed by atoms with Crippen LogP contribution in [0.5, 0.6) is 0 Å². The molecule has 2 aromatic rings. The standard InChI is InChI=1S/C11H8N2O2S/c12-5-6-16(14,15)10-7-9-3-1-2-4-11(9)13-8-10/h1-4,7-8H,6H2. The first-order valence-corrected chi connectivity index (χ1v) is 6.23. The van der Waals surface area contributed by atoms with Crippen LogP contribution in [0.4, 0.5) is 0 Å². The van der Waals surface area contributed by atoms with Gasteiger partial charge in [0.05, 0.1) is 16.5 Å². The van der Waals surface area contributed by atoms with Gasteiger partial charge < -0.3 is 0 Å². The van der Waals surface area contributed by atoms with Crippen LogP contribution in [-0.4, -0.2) is 19.2 Å². The number of nitrogens with zero attached hydrogens (tertiary/aromatic N) is 2. The maximum atomic E-state index is 11.6. The van der Waals surface area contributed by atoms with E-state index in [1.54, 1.807) is 18.2 Å². The van der Waals surface area contributed by atoms with Crippen LogP contribution in [0, 0.1) is 11.3 Å². The average Bonchev–Trinajstić information content (AvgIpc) is 2.28. The molecule has 0 saturated carbocycles. The van der Waals surface area contributed by atoms with Crippen molar-refractivity contribution >= 4 is 20.7 Å². The van der Waals surface area contributed by atoms with E-state index in [4.69, 9.17) is 5.26 Å². The lowest BCUT2D eigenvalue weighted by atomic mass is 10.2. The van der Waals surface area contributed by atoms with Gasteiger partial charge in [-0.15, -0.1) is 0 Å². The summed E-state index contributed by atoms with van der Waals surface area (Å²) in [5, 5.41) is 9.18. The number of para-hydroxylation sites is 1. The SMILES string of the molecule is N#CCS(=O)(=O)c1cnc2ccccc2c1. The van der Waals surface area contributed by atoms with Crippen molar-refractivity contribution in [2.75, 3.05) is 5.75 Å². The van der Waals surface area contributed by atoms with Gasteiger partial charge in [0.1, 0.15) is 5.75 Å². The van der Waals surface area contributed by atoms with Gasteiger partial charge >= 0.3 is 0 Å². The maximum Gasteiger partial charge on any atom is 0.193 e. The zero-order valence-corrected chi connectivity index (χ0v) is 9.11. The molecule has 0 fully saturated rings. The first-order chi connectivity index (χ1) is 7.63. The Bertz CT molecular complexity index is 672. The second-order valence-corrected chi connectivity index (χ2v) is 5.27. The molecule has 0 bridgehead atoms. The molecule has 80 valence electrons. The fourth-order valence-electron chi connectivity index (χ4n) is 1.39. The molecule has 0 saturated heterocycles. The lowest BCUT2D eigenvalue weighted by Crippen LogP contribution is -2.05. The maximum absolute atomic E-state index is 11.6. The van der Waals surface area contributed by atoms with Crippen molar-refractivity contribution < 1.29 is 8.42 Å². The van der Waals surface area contributed by atoms with E-state index in [9.17, 15) is 8.42 Å². The third-order valence-corrected chi connectivity index (χ3v) is 3.63. The van der Waals surface area contributed by atoms with Crippen molar-refractivity contribution in [3.63, 3.8) is 0 Å². The molecule has 2 rings (SSSR count). The molecule has 1 aromatic carbocycles. The molecule has 0 spiro atoms. The Labute approximate surface area is 93.1 Å². The number of rotatable bonds is 2. The fourth-order valence-corrected chi connectivity index (χ4v) is 2.25. The number of hydrogen-bond acceptors (Lipinski definition) is 4. The molecule has 0 aliphatic carbocycles. The van der Waals surface area contributed by atoms with E-state index >= 15 is 0 Å². The number of benzene rings is 1. The van der Waals surface area contributed by atoms with Gasteiger partial charge in [-0.3, -0.25) is 4.98 Å². The molecule has 16 heavy (non-hydrogen) atoms. The second kappa shape index (κ2) is 3.91. The first-order valence-electron chi connectivity index (χ1n) is 4.58. The van der Waals surface area contributed by atoms with Crippen molar-refractivity contribution in [2.24, 2.45) is 0 Å². The Hall–Kier alpha value is -1.93. The van der Waals surface area contributed by atoms with E-state index in [-0.39, 0.29) is 4.90 Å². The fraction of sp³-hybridized carbons (Fsp3) is 0.0909. The van der Waals surface area contributed by atoms with Crippen LogP contribution in [0.3, 0.4) is 0 Å². The van der Waals surface area contributed by atoms with Gasteiger partial charge in [0, 0.05) is 11.6 Å². The summed E-state index contributed by atoms with van der Waals surface area (Å²) in [6, 6.07) is 10.4. The van der Waals surface area contributed by atoms with Gasteiger partial charge in [0.2, 0.25) is 0 Å². The number of sulfone groups is 1. The van der Waals surface area contributed by atoms with Gasteiger partial charge in [-0.2, -0.15) is 5.26 Å². The Morgan fingerprint density at radius 1 is 1.31 bits per heavy atom. The predicted molar refractivity (Wildman–Crippen MR) is 59.4 cm³/mol. The highest BCUT2D eigenvalue weighted by molar-refractivity contribution is 7.91. The molecule has 1 aromatic heterocycles. The second-order valence-electron chi connectivity index (χ2n) is 3.28. The van der Waals surface area contributed by atoms with Crippen molar-refractivity contribution in [1.29, 1.82) is 5.26 Å². The summed E-state index contributed by atoms with van der Waals surface area (Å²) >= 11 is 0. The zero-order chi connectivity index (χ0) is 11.6. The summed E-state index contributed by atoms with van der Waals surface area (Å²) in [4.78, 5) is 4.13. The molecule has 0 aliphatic rings. The molecule has 0 amide bonds. The molecule has 0 N–H and O–H groups in total. The largest absolute Gasteiger partial charge is 0.255 e. The van der Waals surface area contributed by atoms with Crippen LogP contribution in [-0.2, 0) is 9.84 Å². The van der Waals surface area contributed by atoms with E-state index < -0.39 is 15.6 Å². The third-order valence-electron chi connectivity index (χ3n) is 2.18. The van der Waals surface area contributed by atoms with Gasteiger partial charge in [-0.1, -0.05) is 18.2 Å². The molecule has 0 atom stereocenters. The molecular weight excluding hydrogens is 224 g/mol. The minimum Gasteiger partial charge on any atom is -0.255 e. The Morgan fingerprint density at radius 3 is 2.81 bits per heavy atom. The summed E-state index contributed by atoms with van der Waals surface area (Å²) in [6.45, 7) is 0. The lowest BCUT2D eigenvalue weighted by Gasteiger charge is -2.01. The number of pyridine rings is 1. The zero-order valence-electron chi connectivity index (χ0n) is 8.29. The van der Waals surface area contributed by atoms with Crippen LogP contribution in [0.2, 0.25) is 0 Å². The molecule has 5 heteroatoms. The highest BCUT2D eigenvalue weighted by Gasteiger charge is 2.14. The van der Waals surface area contributed by atoms with Crippen molar-refractivity contribution in [2.45, 2.75) is 4.90 Å². The van der Waals surface area contributed by atoms with E-state index in [0.29, 0.717) is 0 Å². The van der Waals surface area contributed by atoms with Crippen molar-refractivity contribution in [1.82, 2.24) is 4.98 Å². The Morgan fingerprint density at radius 2 is 2.06 bits per heavy atom. The highest BCUT2D eigenvalue weighted by Crippen LogP contribution is 2.17. The summed E-state index contributed by atoms with van der Waals surface area (Å²) in [6.07, 6.45) is 1.29. The minimum absolute atomic E-state index is 0.0905. The normalized spacial score (nSPS) is 11.2. The van der Waals surface area contributed by atoms with E-state index in [2.05, 4.69) is 4.98 Å². The van der Waals surface area contributed by atoms with Gasteiger partial charge in [-0.25, -0.2) is 8.42 Å². The summed E-state index contributed by atoms with van der Waals surface area (Å²) in [5.74, 6) is -0.521. The summed E-state index contributed by atoms with van der Waals surface area (Å²) < 4.78 is 23.2. The summed E-state index contributed by atoms with van der Waals surface area (Å²) in [5.41, 5.74) is 0.735. The van der Waals surface area contributed by atoms with E-state index in [0.717, 1.165) is 10.9 Å². The lowest BCUT2D eigenvalue weighted by molar-refractivity contribution is 0.599. The number of hydrogen-bond donors (Lipinski definition) is 0. The quantitative estimate of drug-likeness (QED) is 0.787. The molecular formula is C11H8N2O2S. The minimum atomic E-state index is -3.53. The predicted octanol–water partition coefficient (Wildman–Crippen LogP) is 1.53. The van der Waals surface area contributed by atoms with E-state index in [1.807, 2.05) is 12.1 Å². The first kappa shape index (κ1) is 10.6. The topological polar surface area (TPSA) is 70.8 Å². The monoisotopic (exact) mass is 232 g/mol. The Kier molecular flexibility index (Phi) is 2.59. The molecule has 0 unspecified atom stereocenters. The third kappa shape index (κ3) is 1.88. The van der Waals surface area contributed by atoms with Gasteiger partial charge in [-0.05, 0) is 12.1 Å². The highest BCUT2D eigenvalue weighted by atomic mass is 32.2. The van der Waals surface area contributed by atoms with Crippen molar-refractivity contribution in [3.8, 4) is 6.07 Å². The Balaban J connectivity index is 2.61. The molecule has 0 aliphatic heterocycles. The summed E-state index contributed by atoms with van der Waals surface area (Å²) in [7, 11) is -3.53. The number of aromatic nitrogens is 1. The van der Waals surface area contributed by atoms with Gasteiger partial charge in [0.25, 0.3) is 0 Å². The smallest absolute Gasteiger partial charge is 0.193 e. The van der Waals surface area contributed by atoms with Crippen molar-refractivity contribution in [3.05, 3.63) is 36.5 Å². The van der Waals surface area contributed by atoms with Crippen LogP contribution >= 0.6 is 0 Å². The average molecular weight is 232 g/mol. The molecule has 4 nitrogen and oxygen atoms in total. The van der Waals surface area contributed by atoms with Crippen LogP contribution < -0.4 is 0 Å². The van der Waals surface area contributed by atoms with Crippen LogP contribution in [0.1, 0.15) is 0 Å². The number of nitriles is 1. The number of fused-ring (bicyclic) bond motifs is 1. The van der Waals surface area contributed by atoms with Crippen LogP contribution in [0.25, 0.3) is 10.9 Å². The molecule has 1 heterocycles. The van der Waals surface area contributed by atoms with E-state index in [1.165, 1.54) is 12.3 Å². The van der Waals surface area contributed by atoms with Crippen LogP contribution in [0.15, 0.2) is 41.4 Å². The van der Waals surface area contributed by atoms with Gasteiger partial charge in [0.15, 0.2) is 9.84 Å².